The number of halogens is 1. The number of nitrogens with zero attached hydrogens (tertiary/aromatic N) is 1. The Hall–Kier alpha value is -1.81. The number of hydrogen-bond acceptors (Lipinski definition) is 3. The monoisotopic (exact) mass is 236 g/mol. The van der Waals surface area contributed by atoms with Gasteiger partial charge in [0.1, 0.15) is 10.9 Å². The van der Waals surface area contributed by atoms with E-state index in [1.165, 1.54) is 6.20 Å². The van der Waals surface area contributed by atoms with Gasteiger partial charge in [0.15, 0.2) is 0 Å². The largest absolute Gasteiger partial charge is 0.497 e. The van der Waals surface area contributed by atoms with Crippen molar-refractivity contribution in [2.45, 2.75) is 0 Å². The van der Waals surface area contributed by atoms with Gasteiger partial charge in [0, 0.05) is 17.0 Å². The van der Waals surface area contributed by atoms with Crippen LogP contribution in [0.15, 0.2) is 24.4 Å². The Labute approximate surface area is 97.0 Å². The second kappa shape index (κ2) is 3.98. The van der Waals surface area contributed by atoms with E-state index in [0.717, 1.165) is 0 Å². The molecule has 0 radical (unpaired) electrons. The number of benzene rings is 1. The average Bonchev–Trinajstić information content (AvgIpc) is 2.28. The SMILES string of the molecule is COc1ccc2c(Cl)ncc(C(N)=O)c2c1. The maximum Gasteiger partial charge on any atom is 0.250 e. The number of nitrogens with two attached hydrogens (primary N) is 1. The summed E-state index contributed by atoms with van der Waals surface area (Å²) < 4.78 is 5.08. The number of carbonyl (C=O) groups is 1. The van der Waals surface area contributed by atoms with Crippen molar-refractivity contribution >= 4 is 28.3 Å². The lowest BCUT2D eigenvalue weighted by Gasteiger charge is -2.06. The summed E-state index contributed by atoms with van der Waals surface area (Å²) in [5.41, 5.74) is 5.59. The molecule has 0 bridgehead atoms. The molecule has 1 heterocycles. The highest BCUT2D eigenvalue weighted by Gasteiger charge is 2.10. The first-order valence-corrected chi connectivity index (χ1v) is 4.93. The van der Waals surface area contributed by atoms with E-state index >= 15 is 0 Å². The van der Waals surface area contributed by atoms with Crippen molar-refractivity contribution in [2.24, 2.45) is 5.73 Å². The van der Waals surface area contributed by atoms with E-state index in [0.29, 0.717) is 27.2 Å². The van der Waals surface area contributed by atoms with Gasteiger partial charge in [0.05, 0.1) is 12.7 Å². The maximum absolute atomic E-state index is 11.2. The number of hydrogen-bond donors (Lipinski definition) is 1. The van der Waals surface area contributed by atoms with Crippen LogP contribution in [-0.4, -0.2) is 18.0 Å². The van der Waals surface area contributed by atoms with Gasteiger partial charge >= 0.3 is 0 Å². The molecule has 0 saturated heterocycles. The molecule has 2 N–H and O–H groups in total. The Kier molecular flexibility index (Phi) is 2.66. The zero-order valence-corrected chi connectivity index (χ0v) is 9.28. The van der Waals surface area contributed by atoms with Crippen molar-refractivity contribution in [3.63, 3.8) is 0 Å². The highest BCUT2D eigenvalue weighted by atomic mass is 35.5. The molecule has 2 aromatic rings. The average molecular weight is 237 g/mol. The van der Waals surface area contributed by atoms with Crippen molar-refractivity contribution in [3.05, 3.63) is 35.1 Å². The summed E-state index contributed by atoms with van der Waals surface area (Å²) in [6.07, 6.45) is 1.37. The molecule has 4 nitrogen and oxygen atoms in total. The fourth-order valence-corrected chi connectivity index (χ4v) is 1.72. The van der Waals surface area contributed by atoms with Gasteiger partial charge < -0.3 is 10.5 Å². The molecule has 0 aliphatic heterocycles. The molecule has 0 saturated carbocycles. The van der Waals surface area contributed by atoms with Crippen LogP contribution < -0.4 is 10.5 Å². The maximum atomic E-state index is 11.2. The molecule has 82 valence electrons. The lowest BCUT2D eigenvalue weighted by Crippen LogP contribution is -2.12. The number of ether oxygens (including phenoxy) is 1. The predicted molar refractivity (Wildman–Crippen MR) is 61.8 cm³/mol. The quantitative estimate of drug-likeness (QED) is 0.811. The summed E-state index contributed by atoms with van der Waals surface area (Å²) in [4.78, 5) is 15.1. The first-order chi connectivity index (χ1) is 7.63. The number of pyridine rings is 1. The van der Waals surface area contributed by atoms with Crippen LogP contribution in [0.5, 0.6) is 5.75 Å². The van der Waals surface area contributed by atoms with Gasteiger partial charge in [0.2, 0.25) is 0 Å². The van der Waals surface area contributed by atoms with Crippen LogP contribution >= 0.6 is 11.6 Å². The van der Waals surface area contributed by atoms with Gasteiger partial charge in [-0.15, -0.1) is 0 Å². The fraction of sp³-hybridized carbons (Fsp3) is 0.0909. The van der Waals surface area contributed by atoms with Crippen molar-refractivity contribution in [2.75, 3.05) is 7.11 Å². The second-order valence-corrected chi connectivity index (χ2v) is 3.60. The van der Waals surface area contributed by atoms with Crippen LogP contribution in [0.2, 0.25) is 5.15 Å². The first kappa shape index (κ1) is 10.7. The van der Waals surface area contributed by atoms with Crippen molar-refractivity contribution in [3.8, 4) is 5.75 Å². The van der Waals surface area contributed by atoms with E-state index in [-0.39, 0.29) is 0 Å². The van der Waals surface area contributed by atoms with Gasteiger partial charge in [-0.25, -0.2) is 4.98 Å². The van der Waals surface area contributed by atoms with Crippen molar-refractivity contribution < 1.29 is 9.53 Å². The third-order valence-electron chi connectivity index (χ3n) is 2.31. The Morgan fingerprint density at radius 1 is 1.44 bits per heavy atom. The topological polar surface area (TPSA) is 65.2 Å². The summed E-state index contributed by atoms with van der Waals surface area (Å²) in [7, 11) is 1.55. The lowest BCUT2D eigenvalue weighted by molar-refractivity contribution is 0.100. The Balaban J connectivity index is 2.83. The number of methoxy groups -OCH3 is 1. The summed E-state index contributed by atoms with van der Waals surface area (Å²) in [5.74, 6) is 0.0969. The zero-order chi connectivity index (χ0) is 11.7. The van der Waals surface area contributed by atoms with Gasteiger partial charge in [-0.1, -0.05) is 11.6 Å². The highest BCUT2D eigenvalue weighted by Crippen LogP contribution is 2.27. The number of aromatic nitrogens is 1. The van der Waals surface area contributed by atoms with Crippen LogP contribution in [0.25, 0.3) is 10.8 Å². The normalized spacial score (nSPS) is 10.4. The number of carbonyl (C=O) groups excluding carboxylic acids is 1. The Morgan fingerprint density at radius 2 is 2.19 bits per heavy atom. The van der Waals surface area contributed by atoms with E-state index in [1.54, 1.807) is 25.3 Å². The molecule has 1 amide bonds. The molecule has 0 spiro atoms. The third-order valence-corrected chi connectivity index (χ3v) is 2.61. The molecule has 0 aliphatic rings. The molecular formula is C11H9ClN2O2. The molecule has 1 aromatic carbocycles. The summed E-state index contributed by atoms with van der Waals surface area (Å²) >= 11 is 5.93. The van der Waals surface area contributed by atoms with E-state index < -0.39 is 5.91 Å². The van der Waals surface area contributed by atoms with E-state index in [9.17, 15) is 4.79 Å². The molecule has 1 aromatic heterocycles. The lowest BCUT2D eigenvalue weighted by atomic mass is 10.1. The fourth-order valence-electron chi connectivity index (χ4n) is 1.51. The minimum atomic E-state index is -0.539. The van der Waals surface area contributed by atoms with E-state index in [1.807, 2.05) is 0 Å². The summed E-state index contributed by atoms with van der Waals surface area (Å²) in [5, 5.41) is 1.66. The van der Waals surface area contributed by atoms with Crippen LogP contribution in [0.3, 0.4) is 0 Å². The molecule has 0 fully saturated rings. The Morgan fingerprint density at radius 3 is 2.81 bits per heavy atom. The molecule has 16 heavy (non-hydrogen) atoms. The van der Waals surface area contributed by atoms with Gasteiger partial charge in [-0.3, -0.25) is 4.79 Å². The van der Waals surface area contributed by atoms with Crippen LogP contribution in [0.1, 0.15) is 10.4 Å². The number of rotatable bonds is 2. The van der Waals surface area contributed by atoms with Crippen LogP contribution in [-0.2, 0) is 0 Å². The smallest absolute Gasteiger partial charge is 0.250 e. The minimum Gasteiger partial charge on any atom is -0.497 e. The van der Waals surface area contributed by atoms with Gasteiger partial charge in [-0.05, 0) is 18.2 Å². The second-order valence-electron chi connectivity index (χ2n) is 3.24. The first-order valence-electron chi connectivity index (χ1n) is 4.55. The van der Waals surface area contributed by atoms with Crippen molar-refractivity contribution in [1.82, 2.24) is 4.98 Å². The molecule has 0 atom stereocenters. The number of fused-ring (bicyclic) bond motifs is 1. The summed E-state index contributed by atoms with van der Waals surface area (Å²) in [6.45, 7) is 0. The zero-order valence-electron chi connectivity index (χ0n) is 8.53. The Bertz CT molecular complexity index is 569. The molecule has 0 unspecified atom stereocenters. The minimum absolute atomic E-state index is 0.332. The molecular weight excluding hydrogens is 228 g/mol. The standard InChI is InChI=1S/C11H9ClN2O2/c1-16-6-2-3-7-8(4-6)9(11(13)15)5-14-10(7)12/h2-5H,1H3,(H2,13,15). The molecule has 2 rings (SSSR count). The summed E-state index contributed by atoms with van der Waals surface area (Å²) in [6, 6.07) is 5.21. The number of primary amides is 1. The van der Waals surface area contributed by atoms with E-state index in [2.05, 4.69) is 4.98 Å². The van der Waals surface area contributed by atoms with Gasteiger partial charge in [-0.2, -0.15) is 0 Å². The molecule has 0 aliphatic carbocycles. The number of amides is 1. The highest BCUT2D eigenvalue weighted by molar-refractivity contribution is 6.34. The third kappa shape index (κ3) is 1.67. The van der Waals surface area contributed by atoms with Crippen LogP contribution in [0.4, 0.5) is 0 Å². The van der Waals surface area contributed by atoms with Crippen LogP contribution in [0, 0.1) is 0 Å². The van der Waals surface area contributed by atoms with E-state index in [4.69, 9.17) is 22.1 Å². The predicted octanol–water partition coefficient (Wildman–Crippen LogP) is 2.00. The van der Waals surface area contributed by atoms with Gasteiger partial charge in [0.25, 0.3) is 5.91 Å². The van der Waals surface area contributed by atoms with Crippen molar-refractivity contribution in [1.29, 1.82) is 0 Å². The molecule has 5 heteroatoms.